The summed E-state index contributed by atoms with van der Waals surface area (Å²) in [5.74, 6) is 0.749. The predicted octanol–water partition coefficient (Wildman–Crippen LogP) is 1.68. The van der Waals surface area contributed by atoms with Crippen LogP contribution in [0.2, 0.25) is 0 Å². The van der Waals surface area contributed by atoms with Crippen LogP contribution in [-0.2, 0) is 18.3 Å². The molecule has 3 heterocycles. The van der Waals surface area contributed by atoms with Crippen LogP contribution in [0.1, 0.15) is 25.0 Å². The van der Waals surface area contributed by atoms with Crippen LogP contribution in [0.25, 0.3) is 0 Å². The van der Waals surface area contributed by atoms with Crippen molar-refractivity contribution in [1.82, 2.24) is 9.88 Å². The highest BCUT2D eigenvalue weighted by Gasteiger charge is 2.40. The molecule has 2 aliphatic rings. The third-order valence-corrected chi connectivity index (χ3v) is 4.00. The monoisotopic (exact) mass is 220 g/mol. The highest BCUT2D eigenvalue weighted by atomic mass is 16.5. The van der Waals surface area contributed by atoms with E-state index in [0.29, 0.717) is 12.2 Å². The molecule has 1 N–H and O–H groups in total. The fourth-order valence-electron chi connectivity index (χ4n) is 3.02. The smallest absolute Gasteiger partial charge is 0.0621 e. The summed E-state index contributed by atoms with van der Waals surface area (Å²) in [7, 11) is 2.09. The minimum absolute atomic E-state index is 0.547. The fourth-order valence-corrected chi connectivity index (χ4v) is 3.02. The molecule has 3 rings (SSSR count). The lowest BCUT2D eigenvalue weighted by atomic mass is 9.89. The molecule has 0 amide bonds. The summed E-state index contributed by atoms with van der Waals surface area (Å²) in [4.78, 5) is 0. The van der Waals surface area contributed by atoms with Gasteiger partial charge in [-0.3, -0.25) is 0 Å². The van der Waals surface area contributed by atoms with E-state index in [0.717, 1.165) is 19.0 Å². The van der Waals surface area contributed by atoms with Crippen molar-refractivity contribution in [2.45, 2.75) is 38.0 Å². The normalized spacial score (nSPS) is 32.4. The number of rotatable bonds is 4. The molecule has 2 saturated heterocycles. The Bertz CT molecular complexity index is 361. The van der Waals surface area contributed by atoms with Crippen LogP contribution in [0.5, 0.6) is 0 Å². The van der Waals surface area contributed by atoms with Crippen LogP contribution < -0.4 is 5.32 Å². The fraction of sp³-hybridized carbons (Fsp3) is 0.692. The minimum atomic E-state index is 0.547. The van der Waals surface area contributed by atoms with Crippen molar-refractivity contribution < 1.29 is 4.74 Å². The van der Waals surface area contributed by atoms with Gasteiger partial charge in [0.15, 0.2) is 0 Å². The number of nitrogens with zero attached hydrogens (tertiary/aromatic N) is 1. The molecule has 1 aromatic rings. The van der Waals surface area contributed by atoms with Crippen molar-refractivity contribution in [2.75, 3.05) is 6.54 Å². The first kappa shape index (κ1) is 10.4. The molecule has 2 bridgehead atoms. The van der Waals surface area contributed by atoms with Crippen molar-refractivity contribution in [3.05, 3.63) is 24.0 Å². The van der Waals surface area contributed by atoms with Gasteiger partial charge in [0.2, 0.25) is 0 Å². The quantitative estimate of drug-likeness (QED) is 0.835. The number of aromatic nitrogens is 1. The Morgan fingerprint density at radius 2 is 2.44 bits per heavy atom. The van der Waals surface area contributed by atoms with Crippen LogP contribution in [-0.4, -0.2) is 23.3 Å². The zero-order valence-electron chi connectivity index (χ0n) is 9.86. The van der Waals surface area contributed by atoms with Gasteiger partial charge in [0.05, 0.1) is 12.2 Å². The van der Waals surface area contributed by atoms with Gasteiger partial charge in [-0.05, 0) is 31.4 Å². The second-order valence-corrected chi connectivity index (χ2v) is 5.11. The molecule has 0 aliphatic carbocycles. The lowest BCUT2D eigenvalue weighted by molar-refractivity contribution is 0.0923. The molecule has 3 heteroatoms. The second-order valence-electron chi connectivity index (χ2n) is 5.11. The van der Waals surface area contributed by atoms with E-state index in [4.69, 9.17) is 4.74 Å². The summed E-state index contributed by atoms with van der Waals surface area (Å²) in [5, 5.41) is 3.55. The highest BCUT2D eigenvalue weighted by Crippen LogP contribution is 2.38. The zero-order chi connectivity index (χ0) is 11.0. The number of aryl methyl sites for hydroxylation is 1. The topological polar surface area (TPSA) is 26.2 Å². The average Bonchev–Trinajstić information content (AvgIpc) is 2.96. The Kier molecular flexibility index (Phi) is 2.74. The van der Waals surface area contributed by atoms with E-state index in [-0.39, 0.29) is 0 Å². The van der Waals surface area contributed by atoms with Gasteiger partial charge in [-0.1, -0.05) is 0 Å². The molecular weight excluding hydrogens is 200 g/mol. The first-order valence-electron chi connectivity index (χ1n) is 6.29. The average molecular weight is 220 g/mol. The molecule has 0 saturated carbocycles. The lowest BCUT2D eigenvalue weighted by Gasteiger charge is -2.19. The van der Waals surface area contributed by atoms with Crippen molar-refractivity contribution in [3.8, 4) is 0 Å². The van der Waals surface area contributed by atoms with E-state index in [2.05, 4.69) is 35.3 Å². The second kappa shape index (κ2) is 4.22. The molecule has 1 aromatic heterocycles. The van der Waals surface area contributed by atoms with Crippen LogP contribution in [0.15, 0.2) is 18.3 Å². The standard InChI is InChI=1S/C13H20N2O/c1-15-6-2-3-11(15)9-14-8-10-7-12-4-5-13(10)16-12/h2-3,6,10,12-14H,4-5,7-9H2,1H3. The first-order chi connectivity index (χ1) is 7.83. The molecule has 3 nitrogen and oxygen atoms in total. The van der Waals surface area contributed by atoms with Crippen molar-refractivity contribution >= 4 is 0 Å². The van der Waals surface area contributed by atoms with Crippen molar-refractivity contribution in [2.24, 2.45) is 13.0 Å². The molecular formula is C13H20N2O. The predicted molar refractivity (Wildman–Crippen MR) is 63.1 cm³/mol. The largest absolute Gasteiger partial charge is 0.375 e. The minimum Gasteiger partial charge on any atom is -0.375 e. The van der Waals surface area contributed by atoms with Gasteiger partial charge in [-0.25, -0.2) is 0 Å². The van der Waals surface area contributed by atoms with E-state index in [1.54, 1.807) is 0 Å². The maximum atomic E-state index is 5.85. The van der Waals surface area contributed by atoms with Crippen LogP contribution in [0.4, 0.5) is 0 Å². The highest BCUT2D eigenvalue weighted by molar-refractivity contribution is 5.06. The van der Waals surface area contributed by atoms with E-state index >= 15 is 0 Å². The Balaban J connectivity index is 1.46. The Morgan fingerprint density at radius 1 is 1.50 bits per heavy atom. The molecule has 0 spiro atoms. The van der Waals surface area contributed by atoms with Crippen molar-refractivity contribution in [1.29, 1.82) is 0 Å². The third-order valence-electron chi connectivity index (χ3n) is 4.00. The van der Waals surface area contributed by atoms with Gasteiger partial charge >= 0.3 is 0 Å². The molecule has 0 aromatic carbocycles. The number of hydrogen-bond donors (Lipinski definition) is 1. The van der Waals surface area contributed by atoms with Gasteiger partial charge < -0.3 is 14.6 Å². The number of fused-ring (bicyclic) bond motifs is 2. The number of hydrogen-bond acceptors (Lipinski definition) is 2. The Hall–Kier alpha value is -0.800. The molecule has 2 aliphatic heterocycles. The summed E-state index contributed by atoms with van der Waals surface area (Å²) in [6, 6.07) is 4.27. The van der Waals surface area contributed by atoms with Gasteiger partial charge in [-0.2, -0.15) is 0 Å². The van der Waals surface area contributed by atoms with E-state index < -0.39 is 0 Å². The zero-order valence-corrected chi connectivity index (χ0v) is 9.86. The van der Waals surface area contributed by atoms with Crippen LogP contribution >= 0.6 is 0 Å². The lowest BCUT2D eigenvalue weighted by Crippen LogP contribution is -2.29. The molecule has 0 radical (unpaired) electrons. The van der Waals surface area contributed by atoms with E-state index in [1.165, 1.54) is 25.0 Å². The molecule has 88 valence electrons. The summed E-state index contributed by atoms with van der Waals surface area (Å²) >= 11 is 0. The maximum Gasteiger partial charge on any atom is 0.0621 e. The van der Waals surface area contributed by atoms with Gasteiger partial charge in [0.25, 0.3) is 0 Å². The van der Waals surface area contributed by atoms with E-state index in [9.17, 15) is 0 Å². The summed E-state index contributed by atoms with van der Waals surface area (Å²) in [6.07, 6.45) is 7.06. The molecule has 3 unspecified atom stereocenters. The van der Waals surface area contributed by atoms with Crippen molar-refractivity contribution in [3.63, 3.8) is 0 Å². The third kappa shape index (κ3) is 1.89. The molecule has 16 heavy (non-hydrogen) atoms. The number of ether oxygens (including phenoxy) is 1. The maximum absolute atomic E-state index is 5.85. The van der Waals surface area contributed by atoms with Crippen LogP contribution in [0.3, 0.4) is 0 Å². The number of nitrogens with one attached hydrogen (secondary N) is 1. The summed E-state index contributed by atoms with van der Waals surface area (Å²) in [5.41, 5.74) is 1.35. The first-order valence-corrected chi connectivity index (χ1v) is 6.29. The molecule has 3 atom stereocenters. The Morgan fingerprint density at radius 3 is 3.06 bits per heavy atom. The van der Waals surface area contributed by atoms with Gasteiger partial charge in [-0.15, -0.1) is 0 Å². The summed E-state index contributed by atoms with van der Waals surface area (Å²) < 4.78 is 8.02. The van der Waals surface area contributed by atoms with Gasteiger partial charge in [0, 0.05) is 37.9 Å². The SMILES string of the molecule is Cn1cccc1CNCC1CC2CCC1O2. The van der Waals surface area contributed by atoms with Crippen LogP contribution in [0, 0.1) is 5.92 Å². The van der Waals surface area contributed by atoms with Gasteiger partial charge in [0.1, 0.15) is 0 Å². The van der Waals surface area contributed by atoms with E-state index in [1.807, 2.05) is 0 Å². The summed E-state index contributed by atoms with van der Waals surface area (Å²) in [6.45, 7) is 2.07. The Labute approximate surface area is 96.8 Å². The molecule has 2 fully saturated rings.